The van der Waals surface area contributed by atoms with E-state index in [9.17, 15) is 0 Å². The van der Waals surface area contributed by atoms with Gasteiger partial charge in [0.25, 0.3) is 0 Å². The van der Waals surface area contributed by atoms with Crippen LogP contribution in [-0.4, -0.2) is 11.9 Å². The summed E-state index contributed by atoms with van der Waals surface area (Å²) in [7, 11) is 0. The first-order valence-electron chi connectivity index (χ1n) is 7.59. The second kappa shape index (κ2) is 7.66. The average Bonchev–Trinajstić information content (AvgIpc) is 2.67. The molecule has 0 aliphatic carbocycles. The molecule has 0 bridgehead atoms. The quantitative estimate of drug-likeness (QED) is 0.519. The number of benzene rings is 3. The fraction of sp³-hybridized carbons (Fsp3) is 0. The predicted octanol–water partition coefficient (Wildman–Crippen LogP) is 4.43. The lowest BCUT2D eigenvalue weighted by molar-refractivity contribution is 1.24. The van der Waals surface area contributed by atoms with Crippen LogP contribution in [0.4, 0.5) is 0 Å². The van der Waals surface area contributed by atoms with Crippen LogP contribution in [0, 0.1) is 11.3 Å². The van der Waals surface area contributed by atoms with Crippen molar-refractivity contribution in [2.75, 3.05) is 0 Å². The average molecular weight is 309 g/mol. The van der Waals surface area contributed by atoms with E-state index in [2.05, 4.69) is 16.3 Å². The molecule has 0 spiro atoms. The van der Waals surface area contributed by atoms with Crippen LogP contribution in [0.3, 0.4) is 0 Å². The second-order valence-electron chi connectivity index (χ2n) is 5.16. The molecule has 3 nitrogen and oxygen atoms in total. The van der Waals surface area contributed by atoms with Crippen molar-refractivity contribution in [3.05, 3.63) is 107 Å². The highest BCUT2D eigenvalue weighted by Crippen LogP contribution is 2.11. The van der Waals surface area contributed by atoms with Gasteiger partial charge in [-0.15, -0.1) is 5.10 Å². The molecule has 0 N–H and O–H groups in total. The largest absolute Gasteiger partial charge is 0.192 e. The standard InChI is InChI=1S/C21H15N3/c22-15-17-11-13-18(14-12-17)16-23-24-21(19-7-3-1-4-8-19)20-9-5-2-6-10-20/h1-14,16H. The topological polar surface area (TPSA) is 48.5 Å². The summed E-state index contributed by atoms with van der Waals surface area (Å²) in [4.78, 5) is 0. The van der Waals surface area contributed by atoms with Crippen LogP contribution in [0.15, 0.2) is 95.1 Å². The van der Waals surface area contributed by atoms with Gasteiger partial charge in [-0.2, -0.15) is 10.4 Å². The zero-order chi connectivity index (χ0) is 16.6. The number of rotatable bonds is 4. The normalized spacial score (nSPS) is 10.3. The SMILES string of the molecule is N#Cc1ccc(C=NN=C(c2ccccc2)c2ccccc2)cc1. The first-order chi connectivity index (χ1) is 11.9. The lowest BCUT2D eigenvalue weighted by atomic mass is 10.0. The minimum atomic E-state index is 0.630. The Labute approximate surface area is 141 Å². The van der Waals surface area contributed by atoms with Gasteiger partial charge < -0.3 is 0 Å². The van der Waals surface area contributed by atoms with Crippen LogP contribution < -0.4 is 0 Å². The summed E-state index contributed by atoms with van der Waals surface area (Å²) in [6.07, 6.45) is 1.69. The number of nitriles is 1. The highest BCUT2D eigenvalue weighted by atomic mass is 15.2. The zero-order valence-electron chi connectivity index (χ0n) is 13.0. The van der Waals surface area contributed by atoms with Crippen LogP contribution in [0.1, 0.15) is 22.3 Å². The summed E-state index contributed by atoms with van der Waals surface area (Å²) < 4.78 is 0. The lowest BCUT2D eigenvalue weighted by Crippen LogP contribution is -2.02. The van der Waals surface area contributed by atoms with E-state index in [0.29, 0.717) is 5.56 Å². The Morgan fingerprint density at radius 1 is 0.750 bits per heavy atom. The van der Waals surface area contributed by atoms with E-state index in [-0.39, 0.29) is 0 Å². The third-order valence-corrected chi connectivity index (χ3v) is 3.50. The Bertz CT molecular complexity index is 846. The first-order valence-corrected chi connectivity index (χ1v) is 7.59. The Hall–Kier alpha value is -3.51. The van der Waals surface area contributed by atoms with Gasteiger partial charge in [0.05, 0.1) is 17.8 Å². The monoisotopic (exact) mass is 309 g/mol. The van der Waals surface area contributed by atoms with Crippen molar-refractivity contribution in [1.82, 2.24) is 0 Å². The molecule has 0 saturated heterocycles. The molecule has 3 aromatic rings. The summed E-state index contributed by atoms with van der Waals surface area (Å²) >= 11 is 0. The van der Waals surface area contributed by atoms with Gasteiger partial charge >= 0.3 is 0 Å². The van der Waals surface area contributed by atoms with Gasteiger partial charge in [0.2, 0.25) is 0 Å². The third-order valence-electron chi connectivity index (χ3n) is 3.50. The van der Waals surface area contributed by atoms with Gasteiger partial charge in [-0.25, -0.2) is 0 Å². The van der Waals surface area contributed by atoms with Gasteiger partial charge in [0, 0.05) is 11.1 Å². The van der Waals surface area contributed by atoms with Crippen LogP contribution >= 0.6 is 0 Å². The van der Waals surface area contributed by atoms with Crippen LogP contribution in [-0.2, 0) is 0 Å². The minimum absolute atomic E-state index is 0.630. The molecule has 0 aliphatic rings. The van der Waals surface area contributed by atoms with E-state index >= 15 is 0 Å². The number of nitrogens with zero attached hydrogens (tertiary/aromatic N) is 3. The van der Waals surface area contributed by atoms with Crippen molar-refractivity contribution in [3.63, 3.8) is 0 Å². The maximum absolute atomic E-state index is 8.82. The highest BCUT2D eigenvalue weighted by molar-refractivity contribution is 6.12. The second-order valence-corrected chi connectivity index (χ2v) is 5.16. The molecule has 0 amide bonds. The van der Waals surface area contributed by atoms with Crippen molar-refractivity contribution in [3.8, 4) is 6.07 Å². The van der Waals surface area contributed by atoms with Crippen LogP contribution in [0.5, 0.6) is 0 Å². The fourth-order valence-electron chi connectivity index (χ4n) is 2.27. The van der Waals surface area contributed by atoms with Gasteiger partial charge in [0.15, 0.2) is 0 Å². The Kier molecular flexibility index (Phi) is 4.91. The summed E-state index contributed by atoms with van der Waals surface area (Å²) in [5, 5.41) is 17.5. The number of hydrogen-bond acceptors (Lipinski definition) is 3. The molecular formula is C21H15N3. The van der Waals surface area contributed by atoms with Crippen molar-refractivity contribution in [2.45, 2.75) is 0 Å². The highest BCUT2D eigenvalue weighted by Gasteiger charge is 2.05. The van der Waals surface area contributed by atoms with Gasteiger partial charge in [-0.05, 0) is 17.7 Å². The summed E-state index contributed by atoms with van der Waals surface area (Å²) in [6.45, 7) is 0. The van der Waals surface area contributed by atoms with E-state index in [1.807, 2.05) is 72.8 Å². The molecule has 3 heteroatoms. The minimum Gasteiger partial charge on any atom is -0.192 e. The molecule has 0 aliphatic heterocycles. The van der Waals surface area contributed by atoms with Crippen molar-refractivity contribution < 1.29 is 0 Å². The summed E-state index contributed by atoms with van der Waals surface area (Å²) in [5.74, 6) is 0. The van der Waals surface area contributed by atoms with Gasteiger partial charge in [-0.1, -0.05) is 72.8 Å². The molecule has 0 fully saturated rings. The Balaban J connectivity index is 1.92. The van der Waals surface area contributed by atoms with Crippen LogP contribution in [0.25, 0.3) is 0 Å². The Morgan fingerprint density at radius 3 is 1.79 bits per heavy atom. The van der Waals surface area contributed by atoms with E-state index in [4.69, 9.17) is 5.26 Å². The van der Waals surface area contributed by atoms with Crippen molar-refractivity contribution in [2.24, 2.45) is 10.2 Å². The van der Waals surface area contributed by atoms with E-state index in [1.54, 1.807) is 18.3 Å². The van der Waals surface area contributed by atoms with Gasteiger partial charge in [-0.3, -0.25) is 0 Å². The lowest BCUT2D eigenvalue weighted by Gasteiger charge is -2.05. The summed E-state index contributed by atoms with van der Waals surface area (Å²) in [5.41, 5.74) is 4.38. The van der Waals surface area contributed by atoms with E-state index in [0.717, 1.165) is 22.4 Å². The molecule has 3 aromatic carbocycles. The molecule has 114 valence electrons. The number of hydrogen-bond donors (Lipinski definition) is 0. The fourth-order valence-corrected chi connectivity index (χ4v) is 2.27. The molecular weight excluding hydrogens is 294 g/mol. The van der Waals surface area contributed by atoms with Gasteiger partial charge in [0.1, 0.15) is 5.71 Å². The smallest absolute Gasteiger partial charge is 0.100 e. The maximum atomic E-state index is 8.82. The first kappa shape index (κ1) is 15.4. The van der Waals surface area contributed by atoms with E-state index in [1.165, 1.54) is 0 Å². The molecule has 0 heterocycles. The predicted molar refractivity (Wildman–Crippen MR) is 97.3 cm³/mol. The molecule has 0 unspecified atom stereocenters. The van der Waals surface area contributed by atoms with Crippen molar-refractivity contribution in [1.29, 1.82) is 5.26 Å². The van der Waals surface area contributed by atoms with Crippen LogP contribution in [0.2, 0.25) is 0 Å². The summed E-state index contributed by atoms with van der Waals surface area (Å²) in [6, 6.07) is 29.3. The molecule has 0 atom stereocenters. The third kappa shape index (κ3) is 3.82. The maximum Gasteiger partial charge on any atom is 0.100 e. The molecule has 0 radical (unpaired) electrons. The molecule has 0 aromatic heterocycles. The molecule has 3 rings (SSSR count). The van der Waals surface area contributed by atoms with Crippen molar-refractivity contribution >= 4 is 11.9 Å². The zero-order valence-corrected chi connectivity index (χ0v) is 13.0. The van der Waals surface area contributed by atoms with E-state index < -0.39 is 0 Å². The molecule has 24 heavy (non-hydrogen) atoms. The Morgan fingerprint density at radius 2 is 1.29 bits per heavy atom. The molecule has 0 saturated carbocycles.